The number of nitrogens with one attached hydrogen (secondary N) is 1. The monoisotopic (exact) mass is 278 g/mol. The fraction of sp³-hybridized carbons (Fsp3) is 0.533. The molecule has 0 saturated carbocycles. The van der Waals surface area contributed by atoms with Crippen molar-refractivity contribution in [2.45, 2.75) is 32.4 Å². The third-order valence-corrected chi connectivity index (χ3v) is 3.66. The second-order valence-electron chi connectivity index (χ2n) is 5.03. The predicted molar refractivity (Wildman–Crippen MR) is 77.9 cm³/mol. The van der Waals surface area contributed by atoms with Gasteiger partial charge in [0.25, 0.3) is 0 Å². The molecular weight excluding hydrogens is 256 g/mol. The van der Waals surface area contributed by atoms with Gasteiger partial charge in [0, 0.05) is 17.8 Å². The molecule has 5 nitrogen and oxygen atoms in total. The minimum atomic E-state index is -0.282. The van der Waals surface area contributed by atoms with Crippen molar-refractivity contribution in [1.82, 2.24) is 5.32 Å². The molecule has 0 bridgehead atoms. The molecule has 1 aromatic rings. The number of cyclic esters (lactones) is 1. The molecule has 1 aromatic carbocycles. The molecule has 2 unspecified atom stereocenters. The highest BCUT2D eigenvalue weighted by molar-refractivity contribution is 5.89. The molecule has 0 radical (unpaired) electrons. The summed E-state index contributed by atoms with van der Waals surface area (Å²) in [6.45, 7) is 5.31. The fourth-order valence-electron chi connectivity index (χ4n) is 2.32. The van der Waals surface area contributed by atoms with Gasteiger partial charge in [-0.2, -0.15) is 0 Å². The van der Waals surface area contributed by atoms with Gasteiger partial charge in [0.1, 0.15) is 6.61 Å². The van der Waals surface area contributed by atoms with E-state index in [9.17, 15) is 9.90 Å². The molecular formula is C15H22N2O3. The molecule has 0 spiro atoms. The third-order valence-electron chi connectivity index (χ3n) is 3.66. The lowest BCUT2D eigenvalue weighted by Gasteiger charge is -2.21. The van der Waals surface area contributed by atoms with Gasteiger partial charge in [-0.1, -0.05) is 19.1 Å². The van der Waals surface area contributed by atoms with Gasteiger partial charge in [-0.3, -0.25) is 4.90 Å². The maximum Gasteiger partial charge on any atom is 0.414 e. The van der Waals surface area contributed by atoms with E-state index in [0.29, 0.717) is 13.2 Å². The molecule has 2 rings (SSSR count). The van der Waals surface area contributed by atoms with Crippen LogP contribution in [0.2, 0.25) is 0 Å². The van der Waals surface area contributed by atoms with Crippen LogP contribution >= 0.6 is 0 Å². The molecule has 1 aliphatic rings. The molecule has 0 aliphatic carbocycles. The van der Waals surface area contributed by atoms with Crippen LogP contribution in [0.25, 0.3) is 0 Å². The van der Waals surface area contributed by atoms with E-state index >= 15 is 0 Å². The predicted octanol–water partition coefficient (Wildman–Crippen LogP) is 2.06. The zero-order valence-corrected chi connectivity index (χ0v) is 12.0. The van der Waals surface area contributed by atoms with E-state index in [0.717, 1.165) is 17.7 Å². The Hall–Kier alpha value is -1.59. The lowest BCUT2D eigenvalue weighted by atomic mass is 10.1. The Balaban J connectivity index is 2.02. The fourth-order valence-corrected chi connectivity index (χ4v) is 2.32. The van der Waals surface area contributed by atoms with Crippen molar-refractivity contribution in [2.24, 2.45) is 0 Å². The Kier molecular flexibility index (Phi) is 4.98. The zero-order valence-electron chi connectivity index (χ0n) is 12.0. The number of carbonyl (C=O) groups excluding carboxylic acids is 1. The van der Waals surface area contributed by atoms with E-state index < -0.39 is 0 Å². The SMILES string of the molecule is CCC(CO)NC(C)c1ccc(N2CCOC2=O)cc1. The topological polar surface area (TPSA) is 61.8 Å². The van der Waals surface area contributed by atoms with Crippen LogP contribution in [0.5, 0.6) is 0 Å². The van der Waals surface area contributed by atoms with Crippen molar-refractivity contribution in [3.05, 3.63) is 29.8 Å². The third kappa shape index (κ3) is 3.29. The summed E-state index contributed by atoms with van der Waals surface area (Å²) in [4.78, 5) is 13.1. The van der Waals surface area contributed by atoms with E-state index in [1.807, 2.05) is 31.2 Å². The number of hydrogen-bond acceptors (Lipinski definition) is 4. The first-order chi connectivity index (χ1) is 9.65. The van der Waals surface area contributed by atoms with E-state index in [2.05, 4.69) is 12.2 Å². The number of hydrogen-bond donors (Lipinski definition) is 2. The van der Waals surface area contributed by atoms with Gasteiger partial charge < -0.3 is 15.2 Å². The Labute approximate surface area is 119 Å². The molecule has 2 N–H and O–H groups in total. The Bertz CT molecular complexity index is 443. The molecule has 5 heteroatoms. The average molecular weight is 278 g/mol. The van der Waals surface area contributed by atoms with Crippen LogP contribution in [0.15, 0.2) is 24.3 Å². The first-order valence-corrected chi connectivity index (χ1v) is 7.06. The van der Waals surface area contributed by atoms with Gasteiger partial charge in [-0.15, -0.1) is 0 Å². The number of anilines is 1. The average Bonchev–Trinajstić information content (AvgIpc) is 2.91. The van der Waals surface area contributed by atoms with Gasteiger partial charge >= 0.3 is 6.09 Å². The highest BCUT2D eigenvalue weighted by Gasteiger charge is 2.23. The smallest absolute Gasteiger partial charge is 0.414 e. The zero-order chi connectivity index (χ0) is 14.5. The second kappa shape index (κ2) is 6.72. The van der Waals surface area contributed by atoms with Crippen molar-refractivity contribution in [3.63, 3.8) is 0 Å². The van der Waals surface area contributed by atoms with Crippen molar-refractivity contribution in [1.29, 1.82) is 0 Å². The number of carbonyl (C=O) groups is 1. The number of rotatable bonds is 6. The molecule has 0 aromatic heterocycles. The number of nitrogens with zero attached hydrogens (tertiary/aromatic N) is 1. The van der Waals surface area contributed by atoms with Crippen LogP contribution < -0.4 is 10.2 Å². The van der Waals surface area contributed by atoms with Crippen molar-refractivity contribution in [3.8, 4) is 0 Å². The van der Waals surface area contributed by atoms with Crippen LogP contribution in [0.3, 0.4) is 0 Å². The van der Waals surface area contributed by atoms with Gasteiger partial charge in [0.2, 0.25) is 0 Å². The van der Waals surface area contributed by atoms with Crippen molar-refractivity contribution < 1.29 is 14.6 Å². The summed E-state index contributed by atoms with van der Waals surface area (Å²) < 4.78 is 4.93. The van der Waals surface area contributed by atoms with E-state index in [1.54, 1.807) is 4.90 Å². The summed E-state index contributed by atoms with van der Waals surface area (Å²) in [6, 6.07) is 8.13. The van der Waals surface area contributed by atoms with Crippen molar-refractivity contribution in [2.75, 3.05) is 24.7 Å². The molecule has 1 saturated heterocycles. The molecule has 1 fully saturated rings. The number of aliphatic hydroxyl groups is 1. The lowest BCUT2D eigenvalue weighted by molar-refractivity contribution is 0.181. The first kappa shape index (κ1) is 14.8. The molecule has 20 heavy (non-hydrogen) atoms. The number of ether oxygens (including phenoxy) is 1. The Morgan fingerprint density at radius 1 is 1.40 bits per heavy atom. The number of benzene rings is 1. The van der Waals surface area contributed by atoms with Crippen LogP contribution in [0, 0.1) is 0 Å². The lowest BCUT2D eigenvalue weighted by Crippen LogP contribution is -2.33. The van der Waals surface area contributed by atoms with Gasteiger partial charge in [-0.25, -0.2) is 4.79 Å². The van der Waals surface area contributed by atoms with Gasteiger partial charge in [0.15, 0.2) is 0 Å². The maximum atomic E-state index is 11.5. The summed E-state index contributed by atoms with van der Waals surface area (Å²) in [5, 5.41) is 12.6. The number of amides is 1. The molecule has 110 valence electrons. The highest BCUT2D eigenvalue weighted by Crippen LogP contribution is 2.22. The Morgan fingerprint density at radius 3 is 2.60 bits per heavy atom. The molecule has 2 atom stereocenters. The first-order valence-electron chi connectivity index (χ1n) is 7.06. The number of aliphatic hydroxyl groups excluding tert-OH is 1. The minimum absolute atomic E-state index is 0.109. The minimum Gasteiger partial charge on any atom is -0.447 e. The van der Waals surface area contributed by atoms with Gasteiger partial charge in [-0.05, 0) is 31.0 Å². The summed E-state index contributed by atoms with van der Waals surface area (Å²) >= 11 is 0. The molecule has 1 aliphatic heterocycles. The van der Waals surface area contributed by atoms with E-state index in [1.165, 1.54) is 0 Å². The summed E-state index contributed by atoms with van der Waals surface area (Å²) in [5.41, 5.74) is 1.99. The van der Waals surface area contributed by atoms with Crippen molar-refractivity contribution >= 4 is 11.8 Å². The van der Waals surface area contributed by atoms with Crippen LogP contribution in [0.4, 0.5) is 10.5 Å². The molecule has 1 heterocycles. The van der Waals surface area contributed by atoms with Crippen LogP contribution in [-0.2, 0) is 4.74 Å². The van der Waals surface area contributed by atoms with E-state index in [4.69, 9.17) is 4.74 Å². The summed E-state index contributed by atoms with van der Waals surface area (Å²) in [6.07, 6.45) is 0.605. The highest BCUT2D eigenvalue weighted by atomic mass is 16.6. The maximum absolute atomic E-state index is 11.5. The largest absolute Gasteiger partial charge is 0.447 e. The summed E-state index contributed by atoms with van der Waals surface area (Å²) in [5.74, 6) is 0. The molecule has 1 amide bonds. The Morgan fingerprint density at radius 2 is 2.10 bits per heavy atom. The van der Waals surface area contributed by atoms with Crippen LogP contribution in [-0.4, -0.2) is 37.0 Å². The normalized spacial score (nSPS) is 17.9. The second-order valence-corrected chi connectivity index (χ2v) is 5.03. The van der Waals surface area contributed by atoms with Crippen LogP contribution in [0.1, 0.15) is 31.9 Å². The quantitative estimate of drug-likeness (QED) is 0.836. The summed E-state index contributed by atoms with van der Waals surface area (Å²) in [7, 11) is 0. The van der Waals surface area contributed by atoms with E-state index in [-0.39, 0.29) is 24.8 Å². The standard InChI is InChI=1S/C15H22N2O3/c1-3-13(10-18)16-11(2)12-4-6-14(7-5-12)17-8-9-20-15(17)19/h4-7,11,13,16,18H,3,8-10H2,1-2H3. The van der Waals surface area contributed by atoms with Gasteiger partial charge in [0.05, 0.1) is 13.2 Å².